The molecule has 0 aromatic heterocycles. The average molecular weight is 481 g/mol. The number of sulfone groups is 1. The highest BCUT2D eigenvalue weighted by Crippen LogP contribution is 2.29. The lowest BCUT2D eigenvalue weighted by Crippen LogP contribution is -2.11. The molecule has 0 atom stereocenters. The third-order valence-electron chi connectivity index (χ3n) is 4.05. The summed E-state index contributed by atoms with van der Waals surface area (Å²) in [4.78, 5) is -0.356. The van der Waals surface area contributed by atoms with E-state index >= 15 is 0 Å². The summed E-state index contributed by atoms with van der Waals surface area (Å²) in [6.07, 6.45) is 1.01. The summed E-state index contributed by atoms with van der Waals surface area (Å²) in [5, 5.41) is 0. The van der Waals surface area contributed by atoms with Gasteiger partial charge in [0.25, 0.3) is 0 Å². The Balaban J connectivity index is 1.90. The Morgan fingerprint density at radius 1 is 0.786 bits per heavy atom. The lowest BCUT2D eigenvalue weighted by molar-refractivity contribution is 0.485. The van der Waals surface area contributed by atoms with Gasteiger partial charge in [0.15, 0.2) is 9.84 Å². The van der Waals surface area contributed by atoms with Crippen LogP contribution in [-0.4, -0.2) is 23.1 Å². The van der Waals surface area contributed by atoms with Gasteiger partial charge < -0.3 is 4.18 Å². The van der Waals surface area contributed by atoms with Gasteiger partial charge in [0, 0.05) is 10.7 Å². The molecule has 0 heterocycles. The number of rotatable bonds is 5. The highest BCUT2D eigenvalue weighted by Gasteiger charge is 2.23. The molecule has 3 aromatic rings. The van der Waals surface area contributed by atoms with Crippen molar-refractivity contribution in [3.63, 3.8) is 0 Å². The molecular weight excluding hydrogens is 464 g/mol. The minimum absolute atomic E-state index is 0.104. The summed E-state index contributed by atoms with van der Waals surface area (Å²) >= 11 is 3.14. The largest absolute Gasteiger partial charge is 0.379 e. The van der Waals surface area contributed by atoms with Crippen molar-refractivity contribution in [3.05, 3.63) is 76.8 Å². The zero-order chi connectivity index (χ0) is 20.5. The van der Waals surface area contributed by atoms with Crippen LogP contribution in [0, 0.1) is 6.92 Å². The topological polar surface area (TPSA) is 77.5 Å². The molecule has 146 valence electrons. The van der Waals surface area contributed by atoms with Crippen molar-refractivity contribution in [1.82, 2.24) is 0 Å². The molecule has 0 spiro atoms. The maximum atomic E-state index is 12.6. The predicted molar refractivity (Wildman–Crippen MR) is 112 cm³/mol. The molecule has 0 saturated carbocycles. The van der Waals surface area contributed by atoms with E-state index in [9.17, 15) is 16.8 Å². The van der Waals surface area contributed by atoms with Crippen molar-refractivity contribution in [2.75, 3.05) is 6.26 Å². The molecule has 0 saturated heterocycles. The Hall–Kier alpha value is -2.16. The SMILES string of the molecule is Cc1ccc(-c2ccc(OS(=O)(=O)c3cc(S(C)(=O)=O)ccc3Br)cc2)cc1. The van der Waals surface area contributed by atoms with Gasteiger partial charge in [0.1, 0.15) is 10.6 Å². The highest BCUT2D eigenvalue weighted by molar-refractivity contribution is 9.10. The Labute approximate surface area is 173 Å². The van der Waals surface area contributed by atoms with Crippen LogP contribution in [0.3, 0.4) is 0 Å². The monoisotopic (exact) mass is 480 g/mol. The molecule has 8 heteroatoms. The first-order chi connectivity index (χ1) is 13.1. The van der Waals surface area contributed by atoms with Gasteiger partial charge in [-0.05, 0) is 64.3 Å². The van der Waals surface area contributed by atoms with Crippen molar-refractivity contribution < 1.29 is 21.0 Å². The first-order valence-corrected chi connectivity index (χ1v) is 12.3. The molecule has 0 N–H and O–H groups in total. The summed E-state index contributed by atoms with van der Waals surface area (Å²) < 4.78 is 54.2. The fourth-order valence-electron chi connectivity index (χ4n) is 2.53. The number of hydrogen-bond acceptors (Lipinski definition) is 5. The van der Waals surface area contributed by atoms with E-state index < -0.39 is 20.0 Å². The third kappa shape index (κ3) is 4.63. The maximum Gasteiger partial charge on any atom is 0.340 e. The smallest absolute Gasteiger partial charge is 0.340 e. The summed E-state index contributed by atoms with van der Waals surface area (Å²) in [6, 6.07) is 18.4. The molecule has 5 nitrogen and oxygen atoms in total. The number of benzene rings is 3. The molecule has 0 aliphatic carbocycles. The first kappa shape index (κ1) is 20.6. The summed E-state index contributed by atoms with van der Waals surface area (Å²) in [6.45, 7) is 2.00. The van der Waals surface area contributed by atoms with Crippen molar-refractivity contribution in [1.29, 1.82) is 0 Å². The predicted octanol–water partition coefficient (Wildman–Crippen LogP) is 4.60. The summed E-state index contributed by atoms with van der Waals surface area (Å²) in [7, 11) is -7.78. The molecule has 0 unspecified atom stereocenters. The molecule has 0 radical (unpaired) electrons. The zero-order valence-corrected chi connectivity index (χ0v) is 18.3. The van der Waals surface area contributed by atoms with Crippen LogP contribution in [0.4, 0.5) is 0 Å². The Morgan fingerprint density at radius 2 is 1.32 bits per heavy atom. The molecule has 0 aliphatic heterocycles. The average Bonchev–Trinajstić information content (AvgIpc) is 2.62. The van der Waals surface area contributed by atoms with E-state index in [1.165, 1.54) is 12.1 Å². The van der Waals surface area contributed by atoms with Gasteiger partial charge in [0.2, 0.25) is 0 Å². The zero-order valence-electron chi connectivity index (χ0n) is 15.1. The lowest BCUT2D eigenvalue weighted by atomic mass is 10.0. The van der Waals surface area contributed by atoms with Crippen LogP contribution in [-0.2, 0) is 20.0 Å². The van der Waals surface area contributed by atoms with E-state index in [0.717, 1.165) is 29.0 Å². The van der Waals surface area contributed by atoms with Crippen molar-refractivity contribution in [3.8, 4) is 16.9 Å². The fourth-order valence-corrected chi connectivity index (χ4v) is 5.12. The van der Waals surface area contributed by atoms with E-state index in [0.29, 0.717) is 0 Å². The Kier molecular flexibility index (Phi) is 5.65. The van der Waals surface area contributed by atoms with Crippen LogP contribution in [0.25, 0.3) is 11.1 Å². The second kappa shape index (κ2) is 7.69. The van der Waals surface area contributed by atoms with Gasteiger partial charge in [-0.3, -0.25) is 0 Å². The number of halogens is 1. The van der Waals surface area contributed by atoms with E-state index in [1.54, 1.807) is 24.3 Å². The van der Waals surface area contributed by atoms with Crippen LogP contribution in [0.15, 0.2) is 81.0 Å². The molecular formula is C20H17BrO5S2. The van der Waals surface area contributed by atoms with E-state index in [4.69, 9.17) is 4.18 Å². The summed E-state index contributed by atoms with van der Waals surface area (Å²) in [5.74, 6) is 0.132. The third-order valence-corrected chi connectivity index (χ3v) is 7.40. The maximum absolute atomic E-state index is 12.6. The minimum Gasteiger partial charge on any atom is -0.379 e. The van der Waals surface area contributed by atoms with E-state index in [-0.39, 0.29) is 20.0 Å². The number of hydrogen-bond donors (Lipinski definition) is 0. The van der Waals surface area contributed by atoms with Crippen LogP contribution in [0.2, 0.25) is 0 Å². The second-order valence-corrected chi connectivity index (χ2v) is 10.7. The molecule has 0 fully saturated rings. The van der Waals surface area contributed by atoms with Gasteiger partial charge in [-0.15, -0.1) is 0 Å². The van der Waals surface area contributed by atoms with Gasteiger partial charge in [-0.2, -0.15) is 8.42 Å². The van der Waals surface area contributed by atoms with Crippen LogP contribution in [0.5, 0.6) is 5.75 Å². The Morgan fingerprint density at radius 3 is 1.86 bits per heavy atom. The first-order valence-electron chi connectivity index (χ1n) is 8.17. The summed E-state index contributed by atoms with van der Waals surface area (Å²) in [5.41, 5.74) is 3.07. The van der Waals surface area contributed by atoms with Crippen LogP contribution in [0.1, 0.15) is 5.56 Å². The fraction of sp³-hybridized carbons (Fsp3) is 0.100. The minimum atomic E-state index is -4.22. The molecule has 0 amide bonds. The van der Waals surface area contributed by atoms with Gasteiger partial charge >= 0.3 is 10.1 Å². The lowest BCUT2D eigenvalue weighted by Gasteiger charge is -2.10. The van der Waals surface area contributed by atoms with Gasteiger partial charge in [-0.1, -0.05) is 42.0 Å². The normalized spacial score (nSPS) is 12.0. The number of aryl methyl sites for hydroxylation is 1. The van der Waals surface area contributed by atoms with E-state index in [1.807, 2.05) is 31.2 Å². The molecule has 0 bridgehead atoms. The second-order valence-electron chi connectivity index (χ2n) is 6.29. The van der Waals surface area contributed by atoms with Crippen LogP contribution >= 0.6 is 15.9 Å². The van der Waals surface area contributed by atoms with Crippen molar-refractivity contribution in [2.45, 2.75) is 16.7 Å². The standard InChI is InChI=1S/C20H17BrO5S2/c1-14-3-5-15(6-4-14)16-7-9-17(10-8-16)26-28(24,25)20-13-18(27(2,22)23)11-12-19(20)21/h3-13H,1-2H3. The van der Waals surface area contributed by atoms with E-state index in [2.05, 4.69) is 15.9 Å². The van der Waals surface area contributed by atoms with Crippen molar-refractivity contribution >= 4 is 35.9 Å². The van der Waals surface area contributed by atoms with Crippen molar-refractivity contribution in [2.24, 2.45) is 0 Å². The molecule has 28 heavy (non-hydrogen) atoms. The van der Waals surface area contributed by atoms with Crippen LogP contribution < -0.4 is 4.18 Å². The molecule has 3 aromatic carbocycles. The Bertz CT molecular complexity index is 1210. The highest BCUT2D eigenvalue weighted by atomic mass is 79.9. The van der Waals surface area contributed by atoms with Gasteiger partial charge in [0.05, 0.1) is 4.90 Å². The molecule has 0 aliphatic rings. The van der Waals surface area contributed by atoms with Gasteiger partial charge in [-0.25, -0.2) is 8.42 Å². The quantitative estimate of drug-likeness (QED) is 0.498. The molecule has 3 rings (SSSR count).